The van der Waals surface area contributed by atoms with Crippen LogP contribution in [0.15, 0.2) is 12.4 Å². The van der Waals surface area contributed by atoms with Gasteiger partial charge in [0.15, 0.2) is 0 Å². The van der Waals surface area contributed by atoms with Gasteiger partial charge in [0, 0.05) is 29.6 Å². The molecule has 0 spiro atoms. The number of rotatable bonds is 2. The molecule has 0 unspecified atom stereocenters. The fourth-order valence-electron chi connectivity index (χ4n) is 4.19. The number of nitrogens with zero attached hydrogens (tertiary/aromatic N) is 4. The molecular weight excluding hydrogens is 318 g/mol. The van der Waals surface area contributed by atoms with Gasteiger partial charge in [0.2, 0.25) is 0 Å². The lowest BCUT2D eigenvalue weighted by Crippen LogP contribution is -2.33. The summed E-state index contributed by atoms with van der Waals surface area (Å²) in [4.78, 5) is 14.4. The molecule has 0 amide bonds. The highest BCUT2D eigenvalue weighted by Crippen LogP contribution is 2.41. The van der Waals surface area contributed by atoms with Crippen LogP contribution in [0.5, 0.6) is 0 Å². The number of nitrogens with one attached hydrogen (secondary N) is 1. The summed E-state index contributed by atoms with van der Waals surface area (Å²) in [5.74, 6) is 1.73. The van der Waals surface area contributed by atoms with Crippen LogP contribution in [-0.2, 0) is 12.8 Å². The zero-order chi connectivity index (χ0) is 16.1. The minimum atomic E-state index is 0.566. The number of fused-ring (bicyclic) bond motifs is 3. The molecule has 1 aliphatic carbocycles. The van der Waals surface area contributed by atoms with E-state index < -0.39 is 0 Å². The van der Waals surface area contributed by atoms with Crippen molar-refractivity contribution in [2.24, 2.45) is 0 Å². The summed E-state index contributed by atoms with van der Waals surface area (Å²) in [5, 5.41) is 8.87. The monoisotopic (exact) mass is 339 g/mol. The van der Waals surface area contributed by atoms with E-state index in [0.29, 0.717) is 5.92 Å². The number of hydrogen-bond donors (Lipinski definition) is 1. The molecule has 1 fully saturated rings. The Morgan fingerprint density at radius 3 is 2.88 bits per heavy atom. The maximum Gasteiger partial charge on any atom is 0.141 e. The van der Waals surface area contributed by atoms with Gasteiger partial charge in [-0.25, -0.2) is 9.97 Å². The summed E-state index contributed by atoms with van der Waals surface area (Å²) in [6.45, 7) is 4.17. The summed E-state index contributed by atoms with van der Waals surface area (Å²) in [7, 11) is 0. The van der Waals surface area contributed by atoms with Crippen molar-refractivity contribution in [2.45, 2.75) is 44.9 Å². The molecule has 1 aliphatic heterocycles. The molecule has 4 heterocycles. The molecule has 5 nitrogen and oxygen atoms in total. The molecule has 5 rings (SSSR count). The first-order valence-corrected chi connectivity index (χ1v) is 9.63. The van der Waals surface area contributed by atoms with Crippen LogP contribution >= 0.6 is 11.3 Å². The molecule has 0 radical (unpaired) electrons. The maximum atomic E-state index is 4.68. The minimum Gasteiger partial charge on any atom is -0.356 e. The lowest BCUT2D eigenvalue weighted by Gasteiger charge is -2.32. The van der Waals surface area contributed by atoms with Gasteiger partial charge in [-0.3, -0.25) is 5.10 Å². The zero-order valence-corrected chi connectivity index (χ0v) is 14.7. The van der Waals surface area contributed by atoms with Gasteiger partial charge in [-0.15, -0.1) is 11.3 Å². The van der Waals surface area contributed by atoms with Crippen molar-refractivity contribution < 1.29 is 0 Å². The van der Waals surface area contributed by atoms with Gasteiger partial charge in [-0.05, 0) is 50.7 Å². The van der Waals surface area contributed by atoms with Crippen LogP contribution in [0.1, 0.15) is 47.0 Å². The normalized spacial score (nSPS) is 18.5. The van der Waals surface area contributed by atoms with Gasteiger partial charge < -0.3 is 4.90 Å². The van der Waals surface area contributed by atoms with E-state index in [0.717, 1.165) is 37.4 Å². The molecule has 0 saturated carbocycles. The Hall–Kier alpha value is -1.95. The summed E-state index contributed by atoms with van der Waals surface area (Å²) in [6.07, 6.45) is 7.72. The highest BCUT2D eigenvalue weighted by Gasteiger charge is 2.27. The predicted octanol–water partition coefficient (Wildman–Crippen LogP) is 3.60. The molecule has 0 bridgehead atoms. The molecule has 6 heteroatoms. The number of aromatic nitrogens is 4. The van der Waals surface area contributed by atoms with Crippen molar-refractivity contribution >= 4 is 27.4 Å². The number of hydrogen-bond acceptors (Lipinski definition) is 5. The smallest absolute Gasteiger partial charge is 0.141 e. The Labute approximate surface area is 145 Å². The SMILES string of the molecule is Cc1cc(C2CCN(c3ncnc4sc5c(c34)CCC5)CC2)n[nH]1. The second-order valence-corrected chi connectivity index (χ2v) is 8.06. The fraction of sp³-hybridized carbons (Fsp3) is 0.500. The third-order valence-corrected chi connectivity index (χ3v) is 6.62. The predicted molar refractivity (Wildman–Crippen MR) is 97.0 cm³/mol. The average molecular weight is 339 g/mol. The van der Waals surface area contributed by atoms with Crippen molar-refractivity contribution in [1.29, 1.82) is 0 Å². The Morgan fingerprint density at radius 1 is 1.21 bits per heavy atom. The molecule has 1 saturated heterocycles. The number of H-pyrrole nitrogens is 1. The molecular formula is C18H21N5S. The van der Waals surface area contributed by atoms with E-state index in [1.807, 2.05) is 11.3 Å². The zero-order valence-electron chi connectivity index (χ0n) is 13.9. The minimum absolute atomic E-state index is 0.566. The number of anilines is 1. The largest absolute Gasteiger partial charge is 0.356 e. The molecule has 3 aromatic rings. The second-order valence-electron chi connectivity index (χ2n) is 6.97. The lowest BCUT2D eigenvalue weighted by atomic mass is 9.93. The summed E-state index contributed by atoms with van der Waals surface area (Å²) in [5.41, 5.74) is 3.89. The van der Waals surface area contributed by atoms with Gasteiger partial charge >= 0.3 is 0 Å². The summed E-state index contributed by atoms with van der Waals surface area (Å²) in [6, 6.07) is 2.19. The van der Waals surface area contributed by atoms with E-state index in [2.05, 4.69) is 38.1 Å². The average Bonchev–Trinajstić information content (AvgIpc) is 3.30. The number of piperidine rings is 1. The topological polar surface area (TPSA) is 57.7 Å². The van der Waals surface area contributed by atoms with Crippen molar-refractivity contribution in [2.75, 3.05) is 18.0 Å². The third-order valence-electron chi connectivity index (χ3n) is 5.42. The molecule has 3 aromatic heterocycles. The van der Waals surface area contributed by atoms with Gasteiger partial charge in [0.05, 0.1) is 11.1 Å². The van der Waals surface area contributed by atoms with Crippen molar-refractivity contribution in [3.63, 3.8) is 0 Å². The Morgan fingerprint density at radius 2 is 2.08 bits per heavy atom. The standard InChI is InChI=1S/C18H21N5S/c1-11-9-14(22-21-11)12-5-7-23(8-6-12)17-16-13-3-2-4-15(13)24-18(16)20-10-19-17/h9-10,12H,2-8H2,1H3,(H,21,22). The highest BCUT2D eigenvalue weighted by atomic mass is 32.1. The van der Waals surface area contributed by atoms with Gasteiger partial charge in [-0.2, -0.15) is 5.10 Å². The highest BCUT2D eigenvalue weighted by molar-refractivity contribution is 7.19. The van der Waals surface area contributed by atoms with E-state index in [9.17, 15) is 0 Å². The first-order chi connectivity index (χ1) is 11.8. The van der Waals surface area contributed by atoms with Crippen LogP contribution in [0.2, 0.25) is 0 Å². The first-order valence-electron chi connectivity index (χ1n) is 8.81. The quantitative estimate of drug-likeness (QED) is 0.775. The molecule has 24 heavy (non-hydrogen) atoms. The van der Waals surface area contributed by atoms with Crippen LogP contribution in [0.3, 0.4) is 0 Å². The van der Waals surface area contributed by atoms with Crippen LogP contribution < -0.4 is 4.90 Å². The van der Waals surface area contributed by atoms with Crippen molar-refractivity contribution in [3.05, 3.63) is 34.2 Å². The Balaban J connectivity index is 1.43. The second kappa shape index (κ2) is 5.55. The van der Waals surface area contributed by atoms with E-state index in [1.165, 1.54) is 45.6 Å². The van der Waals surface area contributed by atoms with E-state index in [-0.39, 0.29) is 0 Å². The van der Waals surface area contributed by atoms with Crippen LogP contribution in [0.25, 0.3) is 10.2 Å². The van der Waals surface area contributed by atoms with Crippen molar-refractivity contribution in [1.82, 2.24) is 20.2 Å². The Kier molecular flexibility index (Phi) is 3.33. The number of thiophene rings is 1. The molecule has 2 aliphatic rings. The van der Waals surface area contributed by atoms with Crippen LogP contribution in [-0.4, -0.2) is 33.3 Å². The van der Waals surface area contributed by atoms with Gasteiger partial charge in [0.1, 0.15) is 17.0 Å². The van der Waals surface area contributed by atoms with Gasteiger partial charge in [0.25, 0.3) is 0 Å². The van der Waals surface area contributed by atoms with Crippen LogP contribution in [0.4, 0.5) is 5.82 Å². The summed E-state index contributed by atoms with van der Waals surface area (Å²) < 4.78 is 0. The Bertz CT molecular complexity index is 888. The molecule has 0 atom stereocenters. The lowest BCUT2D eigenvalue weighted by molar-refractivity contribution is 0.494. The molecule has 124 valence electrons. The fourth-order valence-corrected chi connectivity index (χ4v) is 5.41. The molecule has 1 N–H and O–H groups in total. The number of aryl methyl sites for hydroxylation is 3. The van der Waals surface area contributed by atoms with E-state index >= 15 is 0 Å². The van der Waals surface area contributed by atoms with Gasteiger partial charge in [-0.1, -0.05) is 0 Å². The van der Waals surface area contributed by atoms with Crippen LogP contribution in [0, 0.1) is 6.92 Å². The maximum absolute atomic E-state index is 4.68. The first kappa shape index (κ1) is 14.4. The molecule has 0 aromatic carbocycles. The summed E-state index contributed by atoms with van der Waals surface area (Å²) >= 11 is 1.87. The van der Waals surface area contributed by atoms with E-state index in [1.54, 1.807) is 6.33 Å². The van der Waals surface area contributed by atoms with E-state index in [4.69, 9.17) is 0 Å². The van der Waals surface area contributed by atoms with Crippen molar-refractivity contribution in [3.8, 4) is 0 Å². The number of aromatic amines is 1. The third kappa shape index (κ3) is 2.24.